The van der Waals surface area contributed by atoms with Crippen molar-refractivity contribution in [2.75, 3.05) is 31.5 Å². The largest absolute Gasteiger partial charge is 0.336 e. The highest BCUT2D eigenvalue weighted by Crippen LogP contribution is 2.24. The monoisotopic (exact) mass is 474 g/mol. The fourth-order valence-electron chi connectivity index (χ4n) is 3.63. The number of amides is 2. The molecule has 32 heavy (non-hydrogen) atoms. The number of benzene rings is 2. The molecule has 168 valence electrons. The molecule has 0 bridgehead atoms. The molecule has 1 fully saturated rings. The number of hydrogen-bond donors (Lipinski definition) is 2. The summed E-state index contributed by atoms with van der Waals surface area (Å²) >= 11 is 0.963. The van der Waals surface area contributed by atoms with Crippen LogP contribution in [0.4, 0.5) is 5.69 Å². The molecule has 2 N–H and O–H groups in total. The van der Waals surface area contributed by atoms with Crippen molar-refractivity contribution in [3.8, 4) is 0 Å². The van der Waals surface area contributed by atoms with Gasteiger partial charge < -0.3 is 15.2 Å². The lowest BCUT2D eigenvalue weighted by molar-refractivity contribution is -0.114. The first-order valence-corrected chi connectivity index (χ1v) is 12.2. The van der Waals surface area contributed by atoms with Crippen LogP contribution in [0.1, 0.15) is 22.8 Å². The number of hydrogen-bond acceptors (Lipinski definition) is 6. The van der Waals surface area contributed by atoms with Crippen LogP contribution in [0.3, 0.4) is 0 Å². The highest BCUT2D eigenvalue weighted by atomic mass is 32.2. The summed E-state index contributed by atoms with van der Waals surface area (Å²) < 4.78 is 28.1. The second-order valence-electron chi connectivity index (χ2n) is 7.58. The van der Waals surface area contributed by atoms with Gasteiger partial charge in [-0.1, -0.05) is 17.4 Å². The molecule has 2 heterocycles. The summed E-state index contributed by atoms with van der Waals surface area (Å²) in [4.78, 5) is 40.0. The first-order chi connectivity index (χ1) is 15.1. The summed E-state index contributed by atoms with van der Waals surface area (Å²) in [5.74, 6) is -0.436. The van der Waals surface area contributed by atoms with E-state index in [9.17, 15) is 22.8 Å². The van der Waals surface area contributed by atoms with Gasteiger partial charge in [0.2, 0.25) is 15.9 Å². The van der Waals surface area contributed by atoms with Crippen LogP contribution >= 0.6 is 11.3 Å². The van der Waals surface area contributed by atoms with Crippen LogP contribution in [0, 0.1) is 6.92 Å². The minimum atomic E-state index is -3.75. The number of thiazole rings is 1. The van der Waals surface area contributed by atoms with E-state index < -0.39 is 10.0 Å². The number of sulfonamides is 1. The Balaban J connectivity index is 1.48. The van der Waals surface area contributed by atoms with E-state index in [0.717, 1.165) is 16.9 Å². The Labute approximate surface area is 188 Å². The molecule has 1 aliphatic rings. The number of nitrogens with one attached hydrogen (secondary N) is 2. The molecule has 0 radical (unpaired) electrons. The molecule has 0 saturated carbocycles. The van der Waals surface area contributed by atoms with Crippen LogP contribution in [0.15, 0.2) is 46.1 Å². The van der Waals surface area contributed by atoms with E-state index in [-0.39, 0.29) is 47.8 Å². The van der Waals surface area contributed by atoms with E-state index in [1.165, 1.54) is 23.4 Å². The van der Waals surface area contributed by atoms with Crippen molar-refractivity contribution in [3.05, 3.63) is 57.2 Å². The van der Waals surface area contributed by atoms with Crippen LogP contribution in [0.5, 0.6) is 0 Å². The van der Waals surface area contributed by atoms with E-state index in [0.29, 0.717) is 21.5 Å². The van der Waals surface area contributed by atoms with Crippen LogP contribution < -0.4 is 10.2 Å². The number of anilines is 1. The van der Waals surface area contributed by atoms with Crippen molar-refractivity contribution < 1.29 is 18.0 Å². The number of fused-ring (bicyclic) bond motifs is 1. The lowest BCUT2D eigenvalue weighted by atomic mass is 10.1. The number of H-pyrrole nitrogens is 1. The predicted octanol–water partition coefficient (Wildman–Crippen LogP) is 2.00. The molecule has 4 rings (SSSR count). The van der Waals surface area contributed by atoms with Gasteiger partial charge in [0.15, 0.2) is 0 Å². The van der Waals surface area contributed by atoms with E-state index >= 15 is 0 Å². The third-order valence-corrected chi connectivity index (χ3v) is 8.09. The van der Waals surface area contributed by atoms with Crippen molar-refractivity contribution in [3.63, 3.8) is 0 Å². The summed E-state index contributed by atoms with van der Waals surface area (Å²) in [6.07, 6.45) is 0. The van der Waals surface area contributed by atoms with Gasteiger partial charge in [0.1, 0.15) is 0 Å². The van der Waals surface area contributed by atoms with Crippen molar-refractivity contribution in [2.45, 2.75) is 18.7 Å². The smallest absolute Gasteiger partial charge is 0.305 e. The van der Waals surface area contributed by atoms with Crippen molar-refractivity contribution in [1.82, 2.24) is 14.2 Å². The maximum Gasteiger partial charge on any atom is 0.305 e. The number of aromatic amines is 1. The van der Waals surface area contributed by atoms with E-state index in [1.54, 1.807) is 29.2 Å². The standard InChI is InChI=1S/C21H22N4O5S2/c1-13-3-4-15(11-18(13)22-14(2)26)20(27)24-7-9-25(10-8-24)32(29,30)16-5-6-17-19(12-16)31-21(28)23-17/h3-6,11-12H,7-10H2,1-2H3,(H,22,26)(H,23,28). The van der Waals surface area contributed by atoms with Gasteiger partial charge >= 0.3 is 4.87 Å². The van der Waals surface area contributed by atoms with Crippen LogP contribution in [0.25, 0.3) is 10.2 Å². The Kier molecular flexibility index (Phi) is 5.89. The zero-order valence-electron chi connectivity index (χ0n) is 17.5. The highest BCUT2D eigenvalue weighted by Gasteiger charge is 2.31. The fraction of sp³-hybridized carbons (Fsp3) is 0.286. The third kappa shape index (κ3) is 4.31. The maximum absolute atomic E-state index is 13.1. The quantitative estimate of drug-likeness (QED) is 0.599. The minimum Gasteiger partial charge on any atom is -0.336 e. The maximum atomic E-state index is 13.1. The number of carbonyl (C=O) groups is 2. The van der Waals surface area contributed by atoms with Gasteiger partial charge in [-0.2, -0.15) is 4.31 Å². The van der Waals surface area contributed by atoms with E-state index in [2.05, 4.69) is 10.3 Å². The molecule has 3 aromatic rings. The summed E-state index contributed by atoms with van der Waals surface area (Å²) in [5.41, 5.74) is 2.46. The summed E-state index contributed by atoms with van der Waals surface area (Å²) in [6, 6.07) is 9.67. The Hall–Kier alpha value is -3.02. The van der Waals surface area contributed by atoms with Crippen molar-refractivity contribution in [1.29, 1.82) is 0 Å². The lowest BCUT2D eigenvalue weighted by Crippen LogP contribution is -2.50. The molecule has 0 unspecified atom stereocenters. The Morgan fingerprint density at radius 2 is 1.78 bits per heavy atom. The van der Waals surface area contributed by atoms with E-state index in [4.69, 9.17) is 0 Å². The first kappa shape index (κ1) is 22.2. The van der Waals surface area contributed by atoms with Gasteiger partial charge in [0.25, 0.3) is 5.91 Å². The number of aryl methyl sites for hydroxylation is 1. The summed E-state index contributed by atoms with van der Waals surface area (Å²) in [5, 5.41) is 2.71. The van der Waals surface area contributed by atoms with Gasteiger partial charge in [0.05, 0.1) is 15.1 Å². The molecule has 11 heteroatoms. The number of piperazine rings is 1. The predicted molar refractivity (Wildman–Crippen MR) is 123 cm³/mol. The number of carbonyl (C=O) groups excluding carboxylic acids is 2. The van der Waals surface area contributed by atoms with Crippen LogP contribution in [-0.4, -0.2) is 60.6 Å². The molecular weight excluding hydrogens is 452 g/mol. The average molecular weight is 475 g/mol. The molecular formula is C21H22N4O5S2. The molecule has 0 aliphatic carbocycles. The zero-order valence-corrected chi connectivity index (χ0v) is 19.2. The highest BCUT2D eigenvalue weighted by molar-refractivity contribution is 7.89. The zero-order chi connectivity index (χ0) is 23.0. The minimum absolute atomic E-state index is 0.124. The first-order valence-electron chi connectivity index (χ1n) is 9.96. The second kappa shape index (κ2) is 8.49. The SMILES string of the molecule is CC(=O)Nc1cc(C(=O)N2CCN(S(=O)(=O)c3ccc4[nH]c(=O)sc4c3)CC2)ccc1C. The van der Waals surface area contributed by atoms with Crippen LogP contribution in [0.2, 0.25) is 0 Å². The molecule has 1 aliphatic heterocycles. The van der Waals surface area contributed by atoms with Gasteiger partial charge in [-0.15, -0.1) is 0 Å². The normalized spacial score (nSPS) is 15.1. The number of nitrogens with zero attached hydrogens (tertiary/aromatic N) is 2. The van der Waals surface area contributed by atoms with Gasteiger partial charge in [0, 0.05) is 44.4 Å². The topological polar surface area (TPSA) is 120 Å². The molecule has 2 amide bonds. The number of aromatic nitrogens is 1. The molecule has 0 atom stereocenters. The van der Waals surface area contributed by atoms with Crippen molar-refractivity contribution >= 4 is 49.1 Å². The lowest BCUT2D eigenvalue weighted by Gasteiger charge is -2.34. The van der Waals surface area contributed by atoms with E-state index in [1.807, 2.05) is 6.92 Å². The van der Waals surface area contributed by atoms with Crippen molar-refractivity contribution in [2.24, 2.45) is 0 Å². The molecule has 9 nitrogen and oxygen atoms in total. The second-order valence-corrected chi connectivity index (χ2v) is 10.5. The summed E-state index contributed by atoms with van der Waals surface area (Å²) in [6.45, 7) is 4.08. The molecule has 1 aromatic heterocycles. The Bertz CT molecular complexity index is 1370. The summed E-state index contributed by atoms with van der Waals surface area (Å²) in [7, 11) is -3.75. The molecule has 1 saturated heterocycles. The average Bonchev–Trinajstić information content (AvgIpc) is 3.13. The third-order valence-electron chi connectivity index (χ3n) is 5.35. The Morgan fingerprint density at radius 1 is 1.06 bits per heavy atom. The van der Waals surface area contributed by atoms with Gasteiger partial charge in [-0.05, 0) is 42.8 Å². The van der Waals surface area contributed by atoms with Crippen LogP contribution in [-0.2, 0) is 14.8 Å². The van der Waals surface area contributed by atoms with Gasteiger partial charge in [-0.3, -0.25) is 14.4 Å². The molecule has 0 spiro atoms. The van der Waals surface area contributed by atoms with Gasteiger partial charge in [-0.25, -0.2) is 8.42 Å². The number of rotatable bonds is 4. The Morgan fingerprint density at radius 3 is 2.47 bits per heavy atom. The molecule has 2 aromatic carbocycles. The fourth-order valence-corrected chi connectivity index (χ4v) is 5.93.